The number of carbonyl (C=O) groups excluding carboxylic acids is 3. The summed E-state index contributed by atoms with van der Waals surface area (Å²) in [6.45, 7) is 0.327. The Labute approximate surface area is 152 Å². The zero-order valence-corrected chi connectivity index (χ0v) is 14.4. The van der Waals surface area contributed by atoms with Gasteiger partial charge in [-0.25, -0.2) is 0 Å². The van der Waals surface area contributed by atoms with E-state index in [1.165, 1.54) is 0 Å². The number of amides is 3. The van der Waals surface area contributed by atoms with Crippen molar-refractivity contribution in [1.82, 2.24) is 5.32 Å². The molecular weight excluding hydrogens is 360 g/mol. The lowest BCUT2D eigenvalue weighted by molar-refractivity contribution is -0.116. The normalized spacial score (nSPS) is 19.4. The maximum absolute atomic E-state index is 13.0. The van der Waals surface area contributed by atoms with Crippen LogP contribution in [0.4, 0.5) is 10.5 Å². The van der Waals surface area contributed by atoms with Crippen molar-refractivity contribution >= 4 is 51.7 Å². The van der Waals surface area contributed by atoms with Gasteiger partial charge in [0, 0.05) is 10.6 Å². The number of carbonyl (C=O) groups is 3. The van der Waals surface area contributed by atoms with E-state index in [0.717, 1.165) is 17.3 Å². The van der Waals surface area contributed by atoms with Crippen LogP contribution in [0.15, 0.2) is 53.4 Å². The third-order valence-corrected chi connectivity index (χ3v) is 5.11. The van der Waals surface area contributed by atoms with Crippen molar-refractivity contribution in [2.24, 2.45) is 0 Å². The van der Waals surface area contributed by atoms with Crippen molar-refractivity contribution in [2.45, 2.75) is 6.54 Å². The van der Waals surface area contributed by atoms with Gasteiger partial charge in [-0.05, 0) is 35.5 Å². The fraction of sp³-hybridized carbons (Fsp3) is 0.0556. The SMILES string of the molecule is O=C1NC(=O)C(=C2C(=O)N(Cc3cccc(Cl)c3)c3ccccc32)S1. The van der Waals surface area contributed by atoms with Crippen molar-refractivity contribution < 1.29 is 14.4 Å². The van der Waals surface area contributed by atoms with Gasteiger partial charge in [0.05, 0.1) is 22.7 Å². The second-order valence-electron chi connectivity index (χ2n) is 5.59. The van der Waals surface area contributed by atoms with E-state index in [1.54, 1.807) is 29.2 Å². The topological polar surface area (TPSA) is 66.5 Å². The summed E-state index contributed by atoms with van der Waals surface area (Å²) in [5.74, 6) is -0.828. The molecule has 124 valence electrons. The number of hydrogen-bond acceptors (Lipinski definition) is 4. The number of nitrogens with one attached hydrogen (secondary N) is 1. The van der Waals surface area contributed by atoms with Gasteiger partial charge in [-0.3, -0.25) is 19.7 Å². The molecule has 1 fully saturated rings. The molecule has 0 bridgehead atoms. The first-order valence-electron chi connectivity index (χ1n) is 7.48. The second kappa shape index (κ2) is 6.06. The highest BCUT2D eigenvalue weighted by molar-refractivity contribution is 8.18. The van der Waals surface area contributed by atoms with E-state index < -0.39 is 11.1 Å². The maximum Gasteiger partial charge on any atom is 0.290 e. The Bertz CT molecular complexity index is 970. The molecule has 2 aromatic carbocycles. The Morgan fingerprint density at radius 2 is 1.84 bits per heavy atom. The molecule has 0 aromatic heterocycles. The van der Waals surface area contributed by atoms with E-state index in [4.69, 9.17) is 11.6 Å². The van der Waals surface area contributed by atoms with E-state index in [0.29, 0.717) is 22.8 Å². The minimum Gasteiger partial charge on any atom is -0.303 e. The van der Waals surface area contributed by atoms with Crippen LogP contribution < -0.4 is 10.2 Å². The molecule has 0 spiro atoms. The molecule has 1 saturated heterocycles. The number of nitrogens with zero attached hydrogens (tertiary/aromatic N) is 1. The smallest absolute Gasteiger partial charge is 0.290 e. The van der Waals surface area contributed by atoms with Gasteiger partial charge in [0.25, 0.3) is 17.1 Å². The minimum atomic E-state index is -0.530. The number of thioether (sulfide) groups is 1. The zero-order valence-electron chi connectivity index (χ0n) is 12.8. The van der Waals surface area contributed by atoms with Crippen LogP contribution in [0, 0.1) is 0 Å². The average Bonchev–Trinajstić information content (AvgIpc) is 3.04. The monoisotopic (exact) mass is 370 g/mol. The van der Waals surface area contributed by atoms with E-state index in [-0.39, 0.29) is 16.4 Å². The highest BCUT2D eigenvalue weighted by Gasteiger charge is 2.39. The molecule has 2 aliphatic heterocycles. The number of benzene rings is 2. The third kappa shape index (κ3) is 2.73. The molecular formula is C18H11ClN2O3S. The molecule has 7 heteroatoms. The van der Waals surface area contributed by atoms with E-state index >= 15 is 0 Å². The molecule has 3 amide bonds. The molecule has 0 aliphatic carbocycles. The largest absolute Gasteiger partial charge is 0.303 e. The Kier molecular flexibility index (Phi) is 3.86. The van der Waals surface area contributed by atoms with Gasteiger partial charge in [-0.1, -0.05) is 41.9 Å². The van der Waals surface area contributed by atoms with Gasteiger partial charge in [-0.2, -0.15) is 0 Å². The van der Waals surface area contributed by atoms with Crippen molar-refractivity contribution in [3.63, 3.8) is 0 Å². The first-order valence-corrected chi connectivity index (χ1v) is 8.67. The molecule has 0 atom stereocenters. The summed E-state index contributed by atoms with van der Waals surface area (Å²) in [4.78, 5) is 38.3. The molecule has 2 heterocycles. The molecule has 0 unspecified atom stereocenters. The van der Waals surface area contributed by atoms with Gasteiger partial charge >= 0.3 is 0 Å². The quantitative estimate of drug-likeness (QED) is 0.820. The minimum absolute atomic E-state index is 0.149. The molecule has 4 rings (SSSR count). The first kappa shape index (κ1) is 15.9. The summed E-state index contributed by atoms with van der Waals surface area (Å²) in [5, 5.41) is 2.33. The molecule has 2 aromatic rings. The van der Waals surface area contributed by atoms with E-state index in [1.807, 2.05) is 24.3 Å². The highest BCUT2D eigenvalue weighted by Crippen LogP contribution is 2.43. The molecule has 25 heavy (non-hydrogen) atoms. The van der Waals surface area contributed by atoms with Crippen LogP contribution in [0.5, 0.6) is 0 Å². The van der Waals surface area contributed by atoms with E-state index in [9.17, 15) is 14.4 Å². The summed E-state index contributed by atoms with van der Waals surface area (Å²) in [7, 11) is 0. The van der Waals surface area contributed by atoms with Crippen LogP contribution in [-0.2, 0) is 16.1 Å². The predicted molar refractivity (Wildman–Crippen MR) is 97.1 cm³/mol. The van der Waals surface area contributed by atoms with Gasteiger partial charge in [-0.15, -0.1) is 0 Å². The van der Waals surface area contributed by atoms with Crippen molar-refractivity contribution in [1.29, 1.82) is 0 Å². The number of rotatable bonds is 2. The average molecular weight is 371 g/mol. The van der Waals surface area contributed by atoms with Gasteiger partial charge in [0.2, 0.25) is 0 Å². The predicted octanol–water partition coefficient (Wildman–Crippen LogP) is 3.58. The van der Waals surface area contributed by atoms with Crippen molar-refractivity contribution in [3.05, 3.63) is 69.6 Å². The number of para-hydroxylation sites is 1. The number of anilines is 1. The van der Waals surface area contributed by atoms with Crippen LogP contribution in [0.25, 0.3) is 5.57 Å². The lowest BCUT2D eigenvalue weighted by Crippen LogP contribution is -2.26. The Balaban J connectivity index is 1.81. The van der Waals surface area contributed by atoms with Crippen LogP contribution in [0.1, 0.15) is 11.1 Å². The Morgan fingerprint density at radius 1 is 1.04 bits per heavy atom. The van der Waals surface area contributed by atoms with Crippen molar-refractivity contribution in [3.8, 4) is 0 Å². The lowest BCUT2D eigenvalue weighted by Gasteiger charge is -2.17. The molecule has 0 saturated carbocycles. The number of fused-ring (bicyclic) bond motifs is 1. The fourth-order valence-electron chi connectivity index (χ4n) is 2.95. The number of hydrogen-bond donors (Lipinski definition) is 1. The summed E-state index contributed by atoms with van der Waals surface area (Å²) in [6.07, 6.45) is 0. The molecule has 0 radical (unpaired) electrons. The van der Waals surface area contributed by atoms with Crippen LogP contribution in [0.3, 0.4) is 0 Å². The highest BCUT2D eigenvalue weighted by atomic mass is 35.5. The van der Waals surface area contributed by atoms with Crippen LogP contribution >= 0.6 is 23.4 Å². The standard InChI is InChI=1S/C18H11ClN2O3S/c19-11-5-3-4-10(8-11)9-21-13-7-2-1-6-12(13)14(17(21)23)15-16(22)20-18(24)25-15/h1-8H,9H2,(H,20,22,24). The molecule has 1 N–H and O–H groups in total. The van der Waals surface area contributed by atoms with Gasteiger partial charge < -0.3 is 4.90 Å². The fourth-order valence-corrected chi connectivity index (χ4v) is 3.94. The number of imide groups is 1. The lowest BCUT2D eigenvalue weighted by atomic mass is 10.1. The number of halogens is 1. The van der Waals surface area contributed by atoms with Gasteiger partial charge in [0.15, 0.2) is 0 Å². The van der Waals surface area contributed by atoms with E-state index in [2.05, 4.69) is 5.32 Å². The Hall–Kier alpha value is -2.57. The maximum atomic E-state index is 13.0. The summed E-state index contributed by atoms with van der Waals surface area (Å²) in [5.41, 5.74) is 2.51. The molecule has 2 aliphatic rings. The zero-order chi connectivity index (χ0) is 17.6. The Morgan fingerprint density at radius 3 is 2.56 bits per heavy atom. The third-order valence-electron chi connectivity index (χ3n) is 4.00. The summed E-state index contributed by atoms with van der Waals surface area (Å²) >= 11 is 6.79. The molecule has 5 nitrogen and oxygen atoms in total. The summed E-state index contributed by atoms with van der Waals surface area (Å²) in [6, 6.07) is 14.5. The van der Waals surface area contributed by atoms with Crippen LogP contribution in [-0.4, -0.2) is 17.1 Å². The van der Waals surface area contributed by atoms with Crippen LogP contribution in [0.2, 0.25) is 5.02 Å². The van der Waals surface area contributed by atoms with Gasteiger partial charge in [0.1, 0.15) is 0 Å². The van der Waals surface area contributed by atoms with Crippen molar-refractivity contribution in [2.75, 3.05) is 4.90 Å². The second-order valence-corrected chi connectivity index (χ2v) is 7.01. The summed E-state index contributed by atoms with van der Waals surface area (Å²) < 4.78 is 0. The first-order chi connectivity index (χ1) is 12.0.